The molecule has 0 aliphatic carbocycles. The Hall–Kier alpha value is -1.31. The van der Waals surface area contributed by atoms with E-state index in [1.165, 1.54) is 6.92 Å². The molecule has 2 nitrogen and oxygen atoms in total. The van der Waals surface area contributed by atoms with Crippen LogP contribution in [0.1, 0.15) is 16.6 Å². The van der Waals surface area contributed by atoms with Crippen LogP contribution in [-0.4, -0.2) is 17.8 Å². The van der Waals surface area contributed by atoms with Crippen molar-refractivity contribution < 1.29 is 8.91 Å². The summed E-state index contributed by atoms with van der Waals surface area (Å²) in [4.78, 5) is 12.0. The molecule has 1 aromatic carbocycles. The van der Waals surface area contributed by atoms with Crippen molar-refractivity contribution in [2.75, 3.05) is 6.98 Å². The van der Waals surface area contributed by atoms with Crippen LogP contribution in [0.4, 0.5) is 0 Å². The molecule has 0 spiro atoms. The van der Waals surface area contributed by atoms with Gasteiger partial charge in [0.05, 0.1) is 0 Å². The van der Waals surface area contributed by atoms with Crippen molar-refractivity contribution in [2.24, 2.45) is 0 Å². The van der Waals surface area contributed by atoms with Gasteiger partial charge in [-0.05, 0) is 5.56 Å². The molecule has 0 fully saturated rings. The number of hydrogen-bond donors (Lipinski definition) is 0. The molecule has 1 aromatic rings. The van der Waals surface area contributed by atoms with Gasteiger partial charge in [0.25, 0.3) is 0 Å². The van der Waals surface area contributed by atoms with Gasteiger partial charge in [-0.25, -0.2) is 0 Å². The Morgan fingerprint density at radius 3 is 2.67 bits per heavy atom. The van der Waals surface area contributed by atoms with Gasteiger partial charge in [0.1, 0.15) is 0 Å². The van der Waals surface area contributed by atoms with Crippen LogP contribution < -0.4 is 0 Å². The summed E-state index contributed by atoms with van der Waals surface area (Å²) in [7, 11) is 0. The first-order valence-electron chi connectivity index (χ1n) is 5.23. The zero-order valence-corrected chi connectivity index (χ0v) is 6.95. The molecule has 0 N–H and O–H groups in total. The highest BCUT2D eigenvalue weighted by molar-refractivity contribution is 5.72. The second kappa shape index (κ2) is 3.90. The van der Waals surface area contributed by atoms with Crippen LogP contribution >= 0.6 is 0 Å². The average molecular weight is 166 g/mol. The molecule has 2 heteroatoms. The Bertz CT molecular complexity index is 334. The molecule has 0 bridgehead atoms. The van der Waals surface area contributed by atoms with Gasteiger partial charge in [-0.1, -0.05) is 30.3 Å². The van der Waals surface area contributed by atoms with E-state index in [-0.39, 0.29) is 6.54 Å². The molecule has 0 heterocycles. The fraction of sp³-hybridized carbons (Fsp3) is 0.300. The highest BCUT2D eigenvalue weighted by Gasteiger charge is 2.01. The van der Waals surface area contributed by atoms with E-state index in [9.17, 15) is 4.79 Å². The van der Waals surface area contributed by atoms with Crippen molar-refractivity contribution in [2.45, 2.75) is 13.5 Å². The van der Waals surface area contributed by atoms with E-state index in [1.807, 2.05) is 18.2 Å². The molecule has 12 heavy (non-hydrogen) atoms. The fourth-order valence-corrected chi connectivity index (χ4v) is 0.877. The highest BCUT2D eigenvalue weighted by Crippen LogP contribution is 2.01. The molecular weight excluding hydrogens is 150 g/mol. The lowest BCUT2D eigenvalue weighted by Gasteiger charge is -2.14. The van der Waals surface area contributed by atoms with Gasteiger partial charge in [-0.3, -0.25) is 4.79 Å². The first-order valence-corrected chi connectivity index (χ1v) is 3.73. The Labute approximate surface area is 77.0 Å². The predicted octanol–water partition coefficient (Wildman–Crippen LogP) is 1.66. The Morgan fingerprint density at radius 2 is 2.17 bits per heavy atom. The number of hydrogen-bond acceptors (Lipinski definition) is 1. The van der Waals surface area contributed by atoms with E-state index in [0.29, 0.717) is 0 Å². The van der Waals surface area contributed by atoms with Gasteiger partial charge in [0, 0.05) is 24.6 Å². The Morgan fingerprint density at radius 1 is 1.50 bits per heavy atom. The quantitative estimate of drug-likeness (QED) is 0.654. The van der Waals surface area contributed by atoms with E-state index >= 15 is 0 Å². The summed E-state index contributed by atoms with van der Waals surface area (Å²) in [6.07, 6.45) is 0. The number of benzene rings is 1. The highest BCUT2D eigenvalue weighted by atomic mass is 16.2. The second-order valence-electron chi connectivity index (χ2n) is 2.59. The van der Waals surface area contributed by atoms with E-state index in [4.69, 9.17) is 4.11 Å². The van der Waals surface area contributed by atoms with Gasteiger partial charge in [0.2, 0.25) is 5.91 Å². The van der Waals surface area contributed by atoms with Crippen molar-refractivity contribution in [3.8, 4) is 0 Å². The van der Waals surface area contributed by atoms with Crippen LogP contribution in [0.25, 0.3) is 0 Å². The van der Waals surface area contributed by atoms with Crippen LogP contribution in [0.3, 0.4) is 0 Å². The minimum atomic E-state index is -2.37. The van der Waals surface area contributed by atoms with Crippen molar-refractivity contribution in [3.05, 3.63) is 35.9 Å². The molecule has 0 unspecified atom stereocenters. The lowest BCUT2D eigenvalue weighted by molar-refractivity contribution is -0.128. The van der Waals surface area contributed by atoms with Gasteiger partial charge >= 0.3 is 0 Å². The summed E-state index contributed by atoms with van der Waals surface area (Å²) < 4.78 is 21.6. The van der Waals surface area contributed by atoms with Crippen molar-refractivity contribution >= 4 is 5.91 Å². The van der Waals surface area contributed by atoms with Crippen LogP contribution in [0.2, 0.25) is 0 Å². The van der Waals surface area contributed by atoms with Crippen LogP contribution in [0, 0.1) is 0 Å². The van der Waals surface area contributed by atoms with Gasteiger partial charge in [-0.15, -0.1) is 0 Å². The Kier molecular flexibility index (Phi) is 1.74. The van der Waals surface area contributed by atoms with Gasteiger partial charge < -0.3 is 4.90 Å². The van der Waals surface area contributed by atoms with E-state index < -0.39 is 12.9 Å². The number of nitrogens with zero attached hydrogens (tertiary/aromatic N) is 1. The first-order chi connectivity index (χ1) is 6.91. The van der Waals surface area contributed by atoms with Crippen LogP contribution in [-0.2, 0) is 11.3 Å². The maximum Gasteiger partial charge on any atom is 0.219 e. The molecule has 0 radical (unpaired) electrons. The number of rotatable bonds is 2. The molecule has 0 aliphatic rings. The summed E-state index contributed by atoms with van der Waals surface area (Å²) in [6.45, 7) is -0.996. The summed E-state index contributed by atoms with van der Waals surface area (Å²) in [5.41, 5.74) is 0.809. The number of carbonyl (C=O) groups is 1. The molecule has 64 valence electrons. The monoisotopic (exact) mass is 166 g/mol. The Balaban J connectivity index is 2.82. The second-order valence-corrected chi connectivity index (χ2v) is 2.59. The first kappa shape index (κ1) is 5.36. The molecule has 1 rings (SSSR count). The molecule has 0 saturated carbocycles. The summed E-state index contributed by atoms with van der Waals surface area (Å²) in [6, 6.07) is 9.06. The third kappa shape index (κ3) is 2.38. The summed E-state index contributed by atoms with van der Waals surface area (Å²) in [5.74, 6) is -0.446. The lowest BCUT2D eigenvalue weighted by Crippen LogP contribution is -2.22. The minimum absolute atomic E-state index is 0.118. The molecule has 0 aromatic heterocycles. The maximum atomic E-state index is 11.2. The van der Waals surface area contributed by atoms with Crippen molar-refractivity contribution in [3.63, 3.8) is 0 Å². The largest absolute Gasteiger partial charge is 0.342 e. The number of carbonyl (C=O) groups excluding carboxylic acids is 1. The molecule has 0 saturated heterocycles. The topological polar surface area (TPSA) is 20.3 Å². The van der Waals surface area contributed by atoms with Crippen molar-refractivity contribution in [1.82, 2.24) is 4.90 Å². The fourth-order valence-electron chi connectivity index (χ4n) is 0.877. The molecule has 0 aliphatic heterocycles. The van der Waals surface area contributed by atoms with E-state index in [0.717, 1.165) is 10.5 Å². The summed E-state index contributed by atoms with van der Waals surface area (Å²) >= 11 is 0. The van der Waals surface area contributed by atoms with Crippen LogP contribution in [0.15, 0.2) is 30.3 Å². The van der Waals surface area contributed by atoms with Gasteiger partial charge in [0.15, 0.2) is 0 Å². The average Bonchev–Trinajstić information content (AvgIpc) is 2.13. The molecular formula is C10H13NO. The molecule has 0 atom stereocenters. The predicted molar refractivity (Wildman–Crippen MR) is 48.6 cm³/mol. The molecule has 1 amide bonds. The van der Waals surface area contributed by atoms with E-state index in [2.05, 4.69) is 0 Å². The maximum absolute atomic E-state index is 11.2. The third-order valence-corrected chi connectivity index (χ3v) is 1.56. The smallest absolute Gasteiger partial charge is 0.219 e. The zero-order valence-electron chi connectivity index (χ0n) is 9.95. The zero-order chi connectivity index (χ0) is 11.5. The van der Waals surface area contributed by atoms with Crippen LogP contribution in [0.5, 0.6) is 0 Å². The third-order valence-electron chi connectivity index (χ3n) is 1.56. The SMILES string of the molecule is [2H]C([2H])([2H])N(Cc1ccccc1)C(C)=O. The standard InChI is InChI=1S/C10H13NO/c1-9(12)11(2)8-10-6-4-3-5-7-10/h3-7H,8H2,1-2H3/i2D3. The van der Waals surface area contributed by atoms with Gasteiger partial charge in [-0.2, -0.15) is 0 Å². The van der Waals surface area contributed by atoms with Crippen molar-refractivity contribution in [1.29, 1.82) is 0 Å². The number of amides is 1. The minimum Gasteiger partial charge on any atom is -0.342 e. The normalized spacial score (nSPS) is 14.2. The lowest BCUT2D eigenvalue weighted by atomic mass is 10.2. The van der Waals surface area contributed by atoms with E-state index in [1.54, 1.807) is 12.1 Å². The summed E-state index contributed by atoms with van der Waals surface area (Å²) in [5, 5.41) is 0.